The minimum Gasteiger partial charge on any atom is -0.465 e. The highest BCUT2D eigenvalue weighted by Gasteiger charge is 2.49. The van der Waals surface area contributed by atoms with E-state index in [9.17, 15) is 9.18 Å². The summed E-state index contributed by atoms with van der Waals surface area (Å²) in [5.41, 5.74) is 3.43. The van der Waals surface area contributed by atoms with Crippen molar-refractivity contribution in [3.05, 3.63) is 53.1 Å². The van der Waals surface area contributed by atoms with Crippen LogP contribution in [0.3, 0.4) is 0 Å². The zero-order chi connectivity index (χ0) is 18.3. The van der Waals surface area contributed by atoms with Crippen molar-refractivity contribution in [3.8, 4) is 5.69 Å². The van der Waals surface area contributed by atoms with Crippen LogP contribution in [0.25, 0.3) is 11.8 Å². The fourth-order valence-corrected chi connectivity index (χ4v) is 4.38. The smallest absolute Gasteiger partial charge is 0.316 e. The number of carbonyl (C=O) groups excluding carboxylic acids is 1. The average molecular weight is 354 g/mol. The Morgan fingerprint density at radius 2 is 2.15 bits per heavy atom. The van der Waals surface area contributed by atoms with E-state index < -0.39 is 5.41 Å². The number of halogens is 1. The van der Waals surface area contributed by atoms with Gasteiger partial charge in [-0.1, -0.05) is 12.5 Å². The van der Waals surface area contributed by atoms with E-state index in [0.717, 1.165) is 41.8 Å². The molecule has 1 unspecified atom stereocenters. The highest BCUT2D eigenvalue weighted by Crippen LogP contribution is 2.50. The van der Waals surface area contributed by atoms with Crippen molar-refractivity contribution >= 4 is 12.0 Å². The third kappa shape index (κ3) is 2.66. The fourth-order valence-electron chi connectivity index (χ4n) is 4.38. The van der Waals surface area contributed by atoms with Crippen molar-refractivity contribution in [2.75, 3.05) is 6.61 Å². The summed E-state index contributed by atoms with van der Waals surface area (Å²) >= 11 is 0. The lowest BCUT2D eigenvalue weighted by molar-refractivity contribution is -0.155. The maximum absolute atomic E-state index is 13.2. The van der Waals surface area contributed by atoms with Crippen LogP contribution in [-0.2, 0) is 16.0 Å². The Balaban J connectivity index is 1.78. The standard InChI is InChI=1S/C21H23FN2O2/c1-3-26-20(25)21-11-14(2)4-5-16(21)10-19-15(12-21)13-23-24(19)18-8-6-17(22)7-9-18/h6-10,13-14H,3-5,11-12H2,1-2H3/t14?,21-/m1/s1. The Morgan fingerprint density at radius 1 is 1.38 bits per heavy atom. The number of hydrogen-bond acceptors (Lipinski definition) is 3. The molecule has 26 heavy (non-hydrogen) atoms. The number of aromatic nitrogens is 2. The van der Waals surface area contributed by atoms with E-state index in [0.29, 0.717) is 18.9 Å². The van der Waals surface area contributed by atoms with E-state index in [1.165, 1.54) is 12.1 Å². The van der Waals surface area contributed by atoms with Gasteiger partial charge < -0.3 is 4.74 Å². The van der Waals surface area contributed by atoms with Gasteiger partial charge in [-0.05, 0) is 74.4 Å². The van der Waals surface area contributed by atoms with Crippen LogP contribution < -0.4 is 0 Å². The molecule has 0 radical (unpaired) electrons. The van der Waals surface area contributed by atoms with Gasteiger partial charge in [0.25, 0.3) is 0 Å². The number of rotatable bonds is 3. The summed E-state index contributed by atoms with van der Waals surface area (Å²) in [6, 6.07) is 6.31. The predicted octanol–water partition coefficient (Wildman–Crippen LogP) is 4.32. The third-order valence-electron chi connectivity index (χ3n) is 5.64. The Bertz CT molecular complexity index is 869. The van der Waals surface area contributed by atoms with Gasteiger partial charge in [-0.15, -0.1) is 0 Å². The molecule has 4 nitrogen and oxygen atoms in total. The number of hydrogen-bond donors (Lipinski definition) is 0. The summed E-state index contributed by atoms with van der Waals surface area (Å²) in [6.07, 6.45) is 7.35. The van der Waals surface area contributed by atoms with Gasteiger partial charge >= 0.3 is 5.97 Å². The summed E-state index contributed by atoms with van der Waals surface area (Å²) < 4.78 is 20.5. The second-order valence-electron chi connectivity index (χ2n) is 7.44. The highest BCUT2D eigenvalue weighted by atomic mass is 19.1. The molecular formula is C21H23FN2O2. The molecule has 5 heteroatoms. The Labute approximate surface area is 152 Å². The van der Waals surface area contributed by atoms with Crippen LogP contribution in [0, 0.1) is 17.2 Å². The first kappa shape index (κ1) is 17.0. The molecule has 1 aromatic carbocycles. The molecule has 0 bridgehead atoms. The predicted molar refractivity (Wildman–Crippen MR) is 97.3 cm³/mol. The first-order chi connectivity index (χ1) is 12.5. The van der Waals surface area contributed by atoms with E-state index in [1.54, 1.807) is 12.1 Å². The molecule has 2 aliphatic carbocycles. The molecule has 2 aliphatic rings. The normalized spacial score (nSPS) is 24.4. The molecule has 2 aromatic rings. The molecule has 0 spiro atoms. The summed E-state index contributed by atoms with van der Waals surface area (Å²) in [7, 11) is 0. The van der Waals surface area contributed by atoms with Gasteiger partial charge in [0, 0.05) is 0 Å². The minimum atomic E-state index is -0.558. The zero-order valence-corrected chi connectivity index (χ0v) is 15.2. The van der Waals surface area contributed by atoms with Gasteiger partial charge in [0.1, 0.15) is 5.82 Å². The lowest BCUT2D eigenvalue weighted by Crippen LogP contribution is -2.42. The van der Waals surface area contributed by atoms with Crippen molar-refractivity contribution in [3.63, 3.8) is 0 Å². The van der Waals surface area contributed by atoms with Gasteiger partial charge in [0.15, 0.2) is 0 Å². The molecular weight excluding hydrogens is 331 g/mol. The maximum Gasteiger partial charge on any atom is 0.316 e. The molecule has 1 fully saturated rings. The van der Waals surface area contributed by atoms with Crippen LogP contribution >= 0.6 is 0 Å². The van der Waals surface area contributed by atoms with Gasteiger partial charge in [0.05, 0.1) is 29.6 Å². The second kappa shape index (κ2) is 6.38. The summed E-state index contributed by atoms with van der Waals surface area (Å²) in [5.74, 6) is 0.110. The van der Waals surface area contributed by atoms with Crippen LogP contribution in [0.5, 0.6) is 0 Å². The number of ether oxygens (including phenoxy) is 1. The lowest BCUT2D eigenvalue weighted by atomic mass is 9.62. The number of nitrogens with zero attached hydrogens (tertiary/aromatic N) is 2. The van der Waals surface area contributed by atoms with Crippen molar-refractivity contribution in [2.45, 2.75) is 39.5 Å². The summed E-state index contributed by atoms with van der Waals surface area (Å²) in [4.78, 5) is 12.9. The van der Waals surface area contributed by atoms with Crippen LogP contribution in [0.15, 0.2) is 36.0 Å². The van der Waals surface area contributed by atoms with Crippen molar-refractivity contribution < 1.29 is 13.9 Å². The topological polar surface area (TPSA) is 44.1 Å². The largest absolute Gasteiger partial charge is 0.465 e. The highest BCUT2D eigenvalue weighted by molar-refractivity contribution is 5.85. The Kier molecular flexibility index (Phi) is 4.17. The summed E-state index contributed by atoms with van der Waals surface area (Å²) in [6.45, 7) is 4.45. The maximum atomic E-state index is 13.2. The first-order valence-corrected chi connectivity index (χ1v) is 9.24. The lowest BCUT2D eigenvalue weighted by Gasteiger charge is -2.42. The first-order valence-electron chi connectivity index (χ1n) is 9.24. The molecule has 0 saturated heterocycles. The minimum absolute atomic E-state index is 0.113. The van der Waals surface area contributed by atoms with Crippen LogP contribution in [-0.4, -0.2) is 22.4 Å². The molecule has 0 amide bonds. The molecule has 1 saturated carbocycles. The quantitative estimate of drug-likeness (QED) is 0.771. The number of benzene rings is 1. The van der Waals surface area contributed by atoms with Crippen LogP contribution in [0.4, 0.5) is 4.39 Å². The monoisotopic (exact) mass is 354 g/mol. The van der Waals surface area contributed by atoms with Crippen molar-refractivity contribution in [1.82, 2.24) is 9.78 Å². The molecule has 136 valence electrons. The van der Waals surface area contributed by atoms with Gasteiger partial charge in [0.2, 0.25) is 0 Å². The SMILES string of the molecule is CCOC(=O)[C@]12Cc3cnn(-c4ccc(F)cc4)c3C=C1CCC(C)C2. The van der Waals surface area contributed by atoms with E-state index in [1.807, 2.05) is 17.8 Å². The molecule has 2 atom stereocenters. The molecule has 0 N–H and O–H groups in total. The van der Waals surface area contributed by atoms with Gasteiger partial charge in [-0.2, -0.15) is 5.10 Å². The number of esters is 1. The second-order valence-corrected chi connectivity index (χ2v) is 7.44. The Morgan fingerprint density at radius 3 is 2.88 bits per heavy atom. The van der Waals surface area contributed by atoms with E-state index in [4.69, 9.17) is 4.74 Å². The number of fused-ring (bicyclic) bond motifs is 2. The van der Waals surface area contributed by atoms with Crippen molar-refractivity contribution in [2.24, 2.45) is 11.3 Å². The zero-order valence-electron chi connectivity index (χ0n) is 15.2. The van der Waals surface area contributed by atoms with Crippen LogP contribution in [0.2, 0.25) is 0 Å². The van der Waals surface area contributed by atoms with Gasteiger partial charge in [-0.25, -0.2) is 9.07 Å². The average Bonchev–Trinajstić information content (AvgIpc) is 3.03. The molecule has 0 aliphatic heterocycles. The molecule has 1 aromatic heterocycles. The van der Waals surface area contributed by atoms with E-state index in [-0.39, 0.29) is 11.8 Å². The third-order valence-corrected chi connectivity index (χ3v) is 5.64. The van der Waals surface area contributed by atoms with E-state index in [2.05, 4.69) is 18.1 Å². The molecule has 1 heterocycles. The van der Waals surface area contributed by atoms with Gasteiger partial charge in [-0.3, -0.25) is 4.79 Å². The Hall–Kier alpha value is -2.43. The fraction of sp³-hybridized carbons (Fsp3) is 0.429. The van der Waals surface area contributed by atoms with E-state index >= 15 is 0 Å². The summed E-state index contributed by atoms with van der Waals surface area (Å²) in [5, 5.41) is 4.51. The van der Waals surface area contributed by atoms with Crippen LogP contribution in [0.1, 0.15) is 44.4 Å². The number of carbonyl (C=O) groups is 1. The molecule has 4 rings (SSSR count). The van der Waals surface area contributed by atoms with Crippen molar-refractivity contribution in [1.29, 1.82) is 0 Å².